The molecule has 0 fully saturated rings. The van der Waals surface area contributed by atoms with Gasteiger partial charge in [0.2, 0.25) is 0 Å². The van der Waals surface area contributed by atoms with Crippen molar-refractivity contribution in [3.05, 3.63) is 293 Å². The third-order valence-corrected chi connectivity index (χ3v) is 18.3. The number of hydrogen-bond acceptors (Lipinski definition) is 4. The Hall–Kier alpha value is -8.41. The molecule has 1 aromatic heterocycles. The molecule has 0 bridgehead atoms. The first-order valence-electron chi connectivity index (χ1n) is 24.7. The highest BCUT2D eigenvalue weighted by molar-refractivity contribution is 7.99. The number of benzene rings is 11. The summed E-state index contributed by atoms with van der Waals surface area (Å²) >= 11 is 3.75. The molecule has 4 aliphatic rings. The van der Waals surface area contributed by atoms with Gasteiger partial charge in [0, 0.05) is 58.2 Å². The molecule has 0 unspecified atom stereocenters. The molecule has 4 heteroatoms. The Bertz CT molecular complexity index is 3970. The third-order valence-electron chi connectivity index (χ3n) is 16.0. The van der Waals surface area contributed by atoms with Crippen LogP contribution in [-0.4, -0.2) is 0 Å². The topological polar surface area (TPSA) is 12.5 Å². The quantitative estimate of drug-likeness (QED) is 0.174. The van der Waals surface area contributed by atoms with E-state index in [9.17, 15) is 0 Å². The predicted octanol–water partition coefficient (Wildman–Crippen LogP) is 18.5. The summed E-state index contributed by atoms with van der Waals surface area (Å²) < 4.78 is 9.32. The van der Waals surface area contributed by atoms with E-state index in [1.807, 2.05) is 23.1 Å². The molecule has 2 spiro atoms. The van der Waals surface area contributed by atoms with Crippen LogP contribution in [0.3, 0.4) is 0 Å². The molecule has 2 aliphatic heterocycles. The largest absolute Gasteiger partial charge is 0.457 e. The van der Waals surface area contributed by atoms with Crippen molar-refractivity contribution < 1.29 is 4.74 Å². The Labute approximate surface area is 426 Å². The number of fused-ring (bicyclic) bond motifs is 21. The number of nitrogens with zero attached hydrogens (tertiary/aromatic N) is 1. The third kappa shape index (κ3) is 5.35. The fourth-order valence-electron chi connectivity index (χ4n) is 13.1. The van der Waals surface area contributed by atoms with Crippen molar-refractivity contribution in [1.29, 1.82) is 0 Å². The van der Waals surface area contributed by atoms with Crippen molar-refractivity contribution in [2.45, 2.75) is 20.6 Å². The smallest absolute Gasteiger partial charge is 0.132 e. The average Bonchev–Trinajstić information content (AvgIpc) is 4.06. The van der Waals surface area contributed by atoms with Crippen LogP contribution in [0.25, 0.3) is 53.6 Å². The number of anilines is 3. The molecule has 11 aromatic carbocycles. The number of ether oxygens (including phenoxy) is 1. The zero-order valence-electron chi connectivity index (χ0n) is 38.8. The van der Waals surface area contributed by atoms with Gasteiger partial charge in [-0.25, -0.2) is 0 Å². The lowest BCUT2D eigenvalue weighted by atomic mass is 9.66. The summed E-state index contributed by atoms with van der Waals surface area (Å²) in [5.41, 5.74) is 19.9. The number of hydrogen-bond donors (Lipinski definition) is 0. The van der Waals surface area contributed by atoms with Gasteiger partial charge in [-0.15, -0.1) is 11.3 Å². The highest BCUT2D eigenvalue weighted by Crippen LogP contribution is 2.65. The molecule has 336 valence electrons. The average molecular weight is 952 g/mol. The lowest BCUT2D eigenvalue weighted by molar-refractivity contribution is 0.436. The first-order valence-corrected chi connectivity index (χ1v) is 26.4. The van der Waals surface area contributed by atoms with E-state index in [1.165, 1.54) is 108 Å². The molecule has 3 heterocycles. The Morgan fingerprint density at radius 2 is 0.750 bits per heavy atom. The van der Waals surface area contributed by atoms with Crippen molar-refractivity contribution in [3.8, 4) is 44.9 Å². The van der Waals surface area contributed by atoms with E-state index >= 15 is 0 Å². The number of thiophene rings is 1. The monoisotopic (exact) mass is 951 g/mol. The maximum absolute atomic E-state index is 6.68. The maximum Gasteiger partial charge on any atom is 0.132 e. The molecule has 12 aromatic rings. The molecule has 0 amide bonds. The van der Waals surface area contributed by atoms with Gasteiger partial charge in [0.25, 0.3) is 0 Å². The van der Waals surface area contributed by atoms with E-state index in [0.717, 1.165) is 28.6 Å². The summed E-state index contributed by atoms with van der Waals surface area (Å²) in [5.74, 6) is 1.79. The summed E-state index contributed by atoms with van der Waals surface area (Å²) in [6.07, 6.45) is 0. The van der Waals surface area contributed by atoms with Crippen LogP contribution < -0.4 is 9.64 Å². The number of rotatable bonds is 4. The van der Waals surface area contributed by atoms with Crippen LogP contribution in [0, 0.1) is 0 Å². The molecule has 2 nitrogen and oxygen atoms in total. The second-order valence-electron chi connectivity index (χ2n) is 19.4. The van der Waals surface area contributed by atoms with E-state index < -0.39 is 10.8 Å². The fourth-order valence-corrected chi connectivity index (χ4v) is 15.4. The first kappa shape index (κ1) is 40.3. The zero-order valence-corrected chi connectivity index (χ0v) is 40.5. The fraction of sp³-hybridized carbons (Fsp3) is 0.0294. The van der Waals surface area contributed by atoms with Crippen molar-refractivity contribution in [2.24, 2.45) is 0 Å². The molecule has 72 heavy (non-hydrogen) atoms. The molecular formula is C68H41NOS2. The Kier molecular flexibility index (Phi) is 8.43. The van der Waals surface area contributed by atoms with Crippen LogP contribution >= 0.6 is 23.1 Å². The van der Waals surface area contributed by atoms with E-state index in [0.29, 0.717) is 0 Å². The Balaban J connectivity index is 0.915. The van der Waals surface area contributed by atoms with Gasteiger partial charge in [0.1, 0.15) is 11.5 Å². The lowest BCUT2D eigenvalue weighted by Gasteiger charge is -2.39. The highest BCUT2D eigenvalue weighted by Gasteiger charge is 2.52. The van der Waals surface area contributed by atoms with Crippen LogP contribution in [0.1, 0.15) is 44.5 Å². The molecular weight excluding hydrogens is 911 g/mol. The van der Waals surface area contributed by atoms with Gasteiger partial charge in [-0.2, -0.15) is 0 Å². The van der Waals surface area contributed by atoms with Gasteiger partial charge in [0.15, 0.2) is 0 Å². The van der Waals surface area contributed by atoms with Gasteiger partial charge in [-0.1, -0.05) is 182 Å². The SMILES string of the molecule is c1ccc2c(c1)Oc1ccccc1C21c2ccccc2-c2cc(N(c3ccc(-c4ccc5sc6ccccc6c5c4)cc3)c3ccc4c(c3)-c3ccccc3C43c4ccccc4Sc4ccccc43)ccc21. The van der Waals surface area contributed by atoms with Gasteiger partial charge < -0.3 is 9.64 Å². The van der Waals surface area contributed by atoms with Crippen molar-refractivity contribution in [1.82, 2.24) is 0 Å². The van der Waals surface area contributed by atoms with Gasteiger partial charge in [-0.05, 0) is 146 Å². The maximum atomic E-state index is 6.68. The minimum absolute atomic E-state index is 0.452. The van der Waals surface area contributed by atoms with Gasteiger partial charge >= 0.3 is 0 Å². The molecule has 2 aliphatic carbocycles. The molecule has 16 rings (SSSR count). The van der Waals surface area contributed by atoms with Gasteiger partial charge in [-0.3, -0.25) is 0 Å². The zero-order chi connectivity index (χ0) is 47.1. The second-order valence-corrected chi connectivity index (χ2v) is 21.6. The second kappa shape index (κ2) is 15.1. The van der Waals surface area contributed by atoms with Crippen LogP contribution in [0.15, 0.2) is 259 Å². The van der Waals surface area contributed by atoms with Crippen LogP contribution in [0.4, 0.5) is 17.1 Å². The van der Waals surface area contributed by atoms with Crippen molar-refractivity contribution >= 4 is 60.3 Å². The summed E-state index contributed by atoms with van der Waals surface area (Å²) in [7, 11) is 0. The minimum atomic E-state index is -0.548. The first-order chi connectivity index (χ1) is 35.7. The van der Waals surface area contributed by atoms with Crippen LogP contribution in [0.5, 0.6) is 11.5 Å². The molecule has 0 atom stereocenters. The Morgan fingerprint density at radius 1 is 0.306 bits per heavy atom. The lowest BCUT2D eigenvalue weighted by Crippen LogP contribution is -2.32. The summed E-state index contributed by atoms with van der Waals surface area (Å²) in [4.78, 5) is 5.09. The molecule has 0 saturated carbocycles. The van der Waals surface area contributed by atoms with E-state index in [2.05, 4.69) is 254 Å². The Morgan fingerprint density at radius 3 is 1.36 bits per heavy atom. The van der Waals surface area contributed by atoms with E-state index in [-0.39, 0.29) is 0 Å². The van der Waals surface area contributed by atoms with Crippen molar-refractivity contribution in [3.63, 3.8) is 0 Å². The van der Waals surface area contributed by atoms with Crippen molar-refractivity contribution in [2.75, 3.05) is 4.90 Å². The summed E-state index contributed by atoms with van der Waals surface area (Å²) in [5, 5.41) is 2.62. The summed E-state index contributed by atoms with van der Waals surface area (Å²) in [6.45, 7) is 0. The minimum Gasteiger partial charge on any atom is -0.457 e. The van der Waals surface area contributed by atoms with E-state index in [1.54, 1.807) is 0 Å². The molecule has 0 saturated heterocycles. The highest BCUT2D eigenvalue weighted by atomic mass is 32.2. The van der Waals surface area contributed by atoms with Crippen LogP contribution in [0.2, 0.25) is 0 Å². The predicted molar refractivity (Wildman–Crippen MR) is 298 cm³/mol. The number of para-hydroxylation sites is 2. The van der Waals surface area contributed by atoms with E-state index in [4.69, 9.17) is 4.74 Å². The standard InChI is InChI=1S/C68H41NOS2/c1-4-18-53-47(15-1)50-40-45(34-36-55(50)67(53)57-20-6-10-24-61(57)70-62-25-11-7-21-58(62)67)69(44-32-29-42(30-33-44)43-31-38-64-52(39-43)49-17-3-12-26-63(49)71-64)46-35-37-56-51(41-46)48-16-2-5-19-54(48)68(56)59-22-8-13-27-65(59)72-66-28-14-9-23-60(66)68/h1-41H. The van der Waals surface area contributed by atoms with Gasteiger partial charge in [0.05, 0.1) is 10.8 Å². The van der Waals surface area contributed by atoms with Crippen LogP contribution in [-0.2, 0) is 10.8 Å². The molecule has 0 radical (unpaired) electrons. The summed E-state index contributed by atoms with van der Waals surface area (Å²) in [6, 6.07) is 92.8. The molecule has 0 N–H and O–H groups in total. The normalized spacial score (nSPS) is 14.4.